The monoisotopic (exact) mass is 291 g/mol. The zero-order chi connectivity index (χ0) is 15.4. The first-order valence-electron chi connectivity index (χ1n) is 6.27. The minimum atomic E-state index is -0.494. The fourth-order valence-corrected chi connectivity index (χ4v) is 1.94. The molecule has 0 bridgehead atoms. The second-order valence-corrected chi connectivity index (χ2v) is 4.65. The lowest BCUT2D eigenvalue weighted by atomic mass is 10.1. The summed E-state index contributed by atoms with van der Waals surface area (Å²) in [7, 11) is 0. The highest BCUT2D eigenvalue weighted by Crippen LogP contribution is 2.18. The summed E-state index contributed by atoms with van der Waals surface area (Å²) >= 11 is 0. The van der Waals surface area contributed by atoms with Crippen molar-refractivity contribution >= 4 is 11.5 Å². The summed E-state index contributed by atoms with van der Waals surface area (Å²) in [5.41, 5.74) is 7.84. The SMILES string of the molecule is Cc1ccc(F)cc1NCc1cc(F)cc(/C(N)=N/O)c1. The maximum absolute atomic E-state index is 13.5. The molecule has 0 aromatic heterocycles. The molecule has 0 heterocycles. The van der Waals surface area contributed by atoms with E-state index in [1.54, 1.807) is 12.1 Å². The van der Waals surface area contributed by atoms with Crippen molar-refractivity contribution in [1.82, 2.24) is 0 Å². The fourth-order valence-electron chi connectivity index (χ4n) is 1.94. The Hall–Kier alpha value is -2.63. The van der Waals surface area contributed by atoms with Crippen molar-refractivity contribution in [3.63, 3.8) is 0 Å². The number of amidine groups is 1. The molecule has 0 atom stereocenters. The number of oxime groups is 1. The van der Waals surface area contributed by atoms with Crippen molar-refractivity contribution in [1.29, 1.82) is 0 Å². The molecule has 0 aliphatic carbocycles. The van der Waals surface area contributed by atoms with Gasteiger partial charge >= 0.3 is 0 Å². The van der Waals surface area contributed by atoms with Crippen LogP contribution in [0.1, 0.15) is 16.7 Å². The van der Waals surface area contributed by atoms with Gasteiger partial charge in [-0.05, 0) is 48.4 Å². The Bertz CT molecular complexity index is 687. The molecule has 0 amide bonds. The Morgan fingerprint density at radius 2 is 1.95 bits per heavy atom. The van der Waals surface area contributed by atoms with Crippen molar-refractivity contribution in [2.75, 3.05) is 5.32 Å². The van der Waals surface area contributed by atoms with Gasteiger partial charge in [-0.15, -0.1) is 0 Å². The number of anilines is 1. The van der Waals surface area contributed by atoms with Crippen LogP contribution in [0.4, 0.5) is 14.5 Å². The maximum Gasteiger partial charge on any atom is 0.170 e. The molecular formula is C15H15F2N3O. The van der Waals surface area contributed by atoms with Gasteiger partial charge in [-0.3, -0.25) is 0 Å². The molecule has 4 N–H and O–H groups in total. The zero-order valence-corrected chi connectivity index (χ0v) is 11.4. The van der Waals surface area contributed by atoms with Gasteiger partial charge in [-0.2, -0.15) is 0 Å². The lowest BCUT2D eigenvalue weighted by Gasteiger charge is -2.11. The molecule has 0 radical (unpaired) electrons. The first kappa shape index (κ1) is 14.8. The van der Waals surface area contributed by atoms with Crippen LogP contribution >= 0.6 is 0 Å². The molecule has 0 unspecified atom stereocenters. The van der Waals surface area contributed by atoms with E-state index in [4.69, 9.17) is 10.9 Å². The van der Waals surface area contributed by atoms with E-state index in [-0.39, 0.29) is 23.8 Å². The van der Waals surface area contributed by atoms with Crippen molar-refractivity contribution in [2.24, 2.45) is 10.9 Å². The number of hydrogen-bond donors (Lipinski definition) is 3. The van der Waals surface area contributed by atoms with E-state index in [9.17, 15) is 8.78 Å². The van der Waals surface area contributed by atoms with Crippen LogP contribution in [0.25, 0.3) is 0 Å². The highest BCUT2D eigenvalue weighted by Gasteiger charge is 2.06. The number of hydrogen-bond acceptors (Lipinski definition) is 3. The van der Waals surface area contributed by atoms with Gasteiger partial charge in [0, 0.05) is 17.8 Å². The molecule has 0 aliphatic heterocycles. The van der Waals surface area contributed by atoms with Gasteiger partial charge in [0.05, 0.1) is 0 Å². The first-order valence-corrected chi connectivity index (χ1v) is 6.27. The third kappa shape index (κ3) is 3.68. The summed E-state index contributed by atoms with van der Waals surface area (Å²) in [5, 5.41) is 14.5. The quantitative estimate of drug-likeness (QED) is 0.351. The van der Waals surface area contributed by atoms with Crippen LogP contribution < -0.4 is 11.1 Å². The molecule has 2 rings (SSSR count). The summed E-state index contributed by atoms with van der Waals surface area (Å²) in [6.45, 7) is 2.13. The average Bonchev–Trinajstić information content (AvgIpc) is 2.46. The number of halogens is 2. The molecule has 6 heteroatoms. The molecular weight excluding hydrogens is 276 g/mol. The molecule has 2 aromatic carbocycles. The van der Waals surface area contributed by atoms with E-state index in [2.05, 4.69) is 10.5 Å². The number of nitrogens with one attached hydrogen (secondary N) is 1. The first-order chi connectivity index (χ1) is 9.99. The average molecular weight is 291 g/mol. The van der Waals surface area contributed by atoms with Crippen molar-refractivity contribution in [3.05, 3.63) is 64.7 Å². The molecule has 21 heavy (non-hydrogen) atoms. The molecule has 0 aliphatic rings. The Kier molecular flexibility index (Phi) is 4.37. The van der Waals surface area contributed by atoms with Crippen LogP contribution in [0.2, 0.25) is 0 Å². The number of rotatable bonds is 4. The Labute approximate surface area is 120 Å². The van der Waals surface area contributed by atoms with Gasteiger partial charge in [0.2, 0.25) is 0 Å². The highest BCUT2D eigenvalue weighted by molar-refractivity contribution is 5.97. The summed E-state index contributed by atoms with van der Waals surface area (Å²) in [4.78, 5) is 0. The Balaban J connectivity index is 2.20. The lowest BCUT2D eigenvalue weighted by Crippen LogP contribution is -2.14. The number of nitrogens with two attached hydrogens (primary N) is 1. The van der Waals surface area contributed by atoms with E-state index in [1.165, 1.54) is 24.3 Å². The number of benzene rings is 2. The Morgan fingerprint density at radius 3 is 2.67 bits per heavy atom. The minimum Gasteiger partial charge on any atom is -0.409 e. The molecule has 0 saturated carbocycles. The standard InChI is InChI=1S/C15H15F2N3O/c1-9-2-3-12(16)7-14(9)19-8-10-4-11(15(18)20-21)6-13(17)5-10/h2-7,19,21H,8H2,1H3,(H2,18,20). The third-order valence-electron chi connectivity index (χ3n) is 3.04. The smallest absolute Gasteiger partial charge is 0.170 e. The molecule has 0 spiro atoms. The molecule has 2 aromatic rings. The van der Waals surface area contributed by atoms with Crippen molar-refractivity contribution < 1.29 is 14.0 Å². The van der Waals surface area contributed by atoms with Gasteiger partial charge in [0.15, 0.2) is 5.84 Å². The molecule has 0 saturated heterocycles. The summed E-state index contributed by atoms with van der Waals surface area (Å²) in [5.74, 6) is -1.01. The van der Waals surface area contributed by atoms with E-state index < -0.39 is 5.82 Å². The second kappa shape index (κ2) is 6.21. The predicted octanol–water partition coefficient (Wildman–Crippen LogP) is 2.98. The maximum atomic E-state index is 13.5. The predicted molar refractivity (Wildman–Crippen MR) is 77.4 cm³/mol. The number of nitrogens with zero attached hydrogens (tertiary/aromatic N) is 1. The van der Waals surface area contributed by atoms with Crippen molar-refractivity contribution in [2.45, 2.75) is 13.5 Å². The minimum absolute atomic E-state index is 0.169. The topological polar surface area (TPSA) is 70.6 Å². The zero-order valence-electron chi connectivity index (χ0n) is 11.4. The van der Waals surface area contributed by atoms with E-state index in [0.717, 1.165) is 5.56 Å². The van der Waals surface area contributed by atoms with Crippen molar-refractivity contribution in [3.8, 4) is 0 Å². The van der Waals surface area contributed by atoms with E-state index in [1.807, 2.05) is 6.92 Å². The third-order valence-corrected chi connectivity index (χ3v) is 3.04. The normalized spacial score (nSPS) is 11.5. The molecule has 0 fully saturated rings. The van der Waals surface area contributed by atoms with Gasteiger partial charge in [0.25, 0.3) is 0 Å². The highest BCUT2D eigenvalue weighted by atomic mass is 19.1. The van der Waals surface area contributed by atoms with Gasteiger partial charge in [0.1, 0.15) is 11.6 Å². The van der Waals surface area contributed by atoms with Gasteiger partial charge in [-0.25, -0.2) is 8.78 Å². The Morgan fingerprint density at radius 1 is 1.19 bits per heavy atom. The summed E-state index contributed by atoms with van der Waals surface area (Å²) < 4.78 is 26.7. The van der Waals surface area contributed by atoms with Crippen LogP contribution in [0.15, 0.2) is 41.6 Å². The van der Waals surface area contributed by atoms with Crippen LogP contribution in [0, 0.1) is 18.6 Å². The van der Waals surface area contributed by atoms with E-state index >= 15 is 0 Å². The summed E-state index contributed by atoms with van der Waals surface area (Å²) in [6.07, 6.45) is 0. The van der Waals surface area contributed by atoms with Gasteiger partial charge < -0.3 is 16.3 Å². The molecule has 110 valence electrons. The van der Waals surface area contributed by atoms with Crippen LogP contribution in [-0.2, 0) is 6.54 Å². The lowest BCUT2D eigenvalue weighted by molar-refractivity contribution is 0.318. The van der Waals surface area contributed by atoms with Crippen LogP contribution in [0.5, 0.6) is 0 Å². The number of aryl methyl sites for hydroxylation is 1. The van der Waals surface area contributed by atoms with Crippen LogP contribution in [-0.4, -0.2) is 11.0 Å². The summed E-state index contributed by atoms with van der Waals surface area (Å²) in [6, 6.07) is 8.50. The largest absolute Gasteiger partial charge is 0.409 e. The molecule has 4 nitrogen and oxygen atoms in total. The van der Waals surface area contributed by atoms with E-state index in [0.29, 0.717) is 11.3 Å². The fraction of sp³-hybridized carbons (Fsp3) is 0.133. The van der Waals surface area contributed by atoms with Gasteiger partial charge in [-0.1, -0.05) is 11.2 Å². The van der Waals surface area contributed by atoms with Crippen LogP contribution in [0.3, 0.4) is 0 Å². The second-order valence-electron chi connectivity index (χ2n) is 4.65.